The maximum absolute atomic E-state index is 12.9. The van der Waals surface area contributed by atoms with E-state index in [0.29, 0.717) is 18.7 Å². The fourth-order valence-electron chi connectivity index (χ4n) is 3.40. The van der Waals surface area contributed by atoms with Gasteiger partial charge in [-0.25, -0.2) is 8.42 Å². The monoisotopic (exact) mass is 396 g/mol. The minimum atomic E-state index is -3.60. The maximum Gasteiger partial charge on any atom is 0.243 e. The number of hydrogen-bond donors (Lipinski definition) is 1. The summed E-state index contributed by atoms with van der Waals surface area (Å²) in [4.78, 5) is 12.8. The van der Waals surface area contributed by atoms with Gasteiger partial charge in [-0.3, -0.25) is 4.79 Å². The number of amides is 1. The first kappa shape index (κ1) is 21.7. The van der Waals surface area contributed by atoms with Gasteiger partial charge in [0.15, 0.2) is 0 Å². The van der Waals surface area contributed by atoms with Gasteiger partial charge < -0.3 is 10.1 Å². The Labute approximate surface area is 163 Å². The van der Waals surface area contributed by atoms with Gasteiger partial charge >= 0.3 is 0 Å². The molecule has 1 aromatic carbocycles. The molecule has 1 saturated heterocycles. The Kier molecular flexibility index (Phi) is 8.10. The first-order valence-corrected chi connectivity index (χ1v) is 11.3. The van der Waals surface area contributed by atoms with Crippen molar-refractivity contribution < 1.29 is 17.9 Å². The van der Waals surface area contributed by atoms with Gasteiger partial charge in [-0.1, -0.05) is 26.2 Å². The molecule has 1 heterocycles. The molecule has 7 heteroatoms. The number of ether oxygens (including phenoxy) is 1. The number of hydrogen-bond acceptors (Lipinski definition) is 4. The lowest BCUT2D eigenvalue weighted by Gasteiger charge is -2.32. The number of nitrogens with one attached hydrogen (secondary N) is 1. The first-order chi connectivity index (χ1) is 12.9. The van der Waals surface area contributed by atoms with Crippen LogP contribution in [0.15, 0.2) is 29.2 Å². The predicted octanol–water partition coefficient (Wildman–Crippen LogP) is 3.18. The number of nitrogens with zero attached hydrogens (tertiary/aromatic N) is 1. The van der Waals surface area contributed by atoms with Crippen LogP contribution in [-0.2, 0) is 14.8 Å². The molecular formula is C20H32N2O4S. The van der Waals surface area contributed by atoms with Crippen LogP contribution in [0.2, 0.25) is 0 Å². The third kappa shape index (κ3) is 5.94. The van der Waals surface area contributed by atoms with E-state index in [9.17, 15) is 13.2 Å². The molecule has 1 fully saturated rings. The Hall–Kier alpha value is -1.60. The van der Waals surface area contributed by atoms with E-state index >= 15 is 0 Å². The fourth-order valence-corrected chi connectivity index (χ4v) is 4.93. The van der Waals surface area contributed by atoms with E-state index in [1.54, 1.807) is 31.4 Å². The van der Waals surface area contributed by atoms with Crippen molar-refractivity contribution >= 4 is 15.9 Å². The number of unbranched alkanes of at least 4 members (excludes halogenated alkanes) is 2. The second kappa shape index (κ2) is 10.1. The topological polar surface area (TPSA) is 75.7 Å². The molecular weight excluding hydrogens is 364 g/mol. The maximum atomic E-state index is 12.9. The Bertz CT molecular complexity index is 703. The van der Waals surface area contributed by atoms with Crippen molar-refractivity contribution in [3.8, 4) is 5.75 Å². The second-order valence-corrected chi connectivity index (χ2v) is 9.22. The lowest BCUT2D eigenvalue weighted by atomic mass is 9.98. The molecule has 1 aliphatic rings. The van der Waals surface area contributed by atoms with Gasteiger partial charge in [0, 0.05) is 19.1 Å². The van der Waals surface area contributed by atoms with Crippen LogP contribution in [0.5, 0.6) is 5.75 Å². The highest BCUT2D eigenvalue weighted by atomic mass is 32.2. The molecule has 1 N–H and O–H groups in total. The summed E-state index contributed by atoms with van der Waals surface area (Å²) in [5.41, 5.74) is 0. The molecule has 1 aliphatic heterocycles. The molecule has 2 atom stereocenters. The molecule has 0 aliphatic carbocycles. The van der Waals surface area contributed by atoms with Gasteiger partial charge in [-0.05, 0) is 50.5 Å². The molecule has 6 nitrogen and oxygen atoms in total. The predicted molar refractivity (Wildman–Crippen MR) is 106 cm³/mol. The van der Waals surface area contributed by atoms with Crippen molar-refractivity contribution in [3.05, 3.63) is 24.3 Å². The van der Waals surface area contributed by atoms with E-state index in [-0.39, 0.29) is 29.3 Å². The SMILES string of the molecule is CCCCCC(C)NC(=O)C1CCCN(S(=O)(=O)c2ccc(OC)cc2)C1. The number of rotatable bonds is 9. The third-order valence-corrected chi connectivity index (χ3v) is 6.96. The standard InChI is InChI=1S/C20H32N2O4S/c1-4-5-6-8-16(2)21-20(23)17-9-7-14-22(15-17)27(24,25)19-12-10-18(26-3)11-13-19/h10-13,16-17H,4-9,14-15H2,1-3H3,(H,21,23). The van der Waals surface area contributed by atoms with Gasteiger partial charge in [-0.15, -0.1) is 0 Å². The quantitative estimate of drug-likeness (QED) is 0.651. The van der Waals surface area contributed by atoms with Gasteiger partial charge in [-0.2, -0.15) is 4.31 Å². The van der Waals surface area contributed by atoms with Crippen molar-refractivity contribution in [2.75, 3.05) is 20.2 Å². The van der Waals surface area contributed by atoms with Crippen LogP contribution < -0.4 is 10.1 Å². The van der Waals surface area contributed by atoms with Crippen molar-refractivity contribution in [2.45, 2.75) is 63.3 Å². The third-order valence-electron chi connectivity index (χ3n) is 5.08. The number of carbonyl (C=O) groups is 1. The van der Waals surface area contributed by atoms with Gasteiger partial charge in [0.1, 0.15) is 5.75 Å². The molecule has 0 saturated carbocycles. The first-order valence-electron chi connectivity index (χ1n) is 9.83. The number of sulfonamides is 1. The van der Waals surface area contributed by atoms with Gasteiger partial charge in [0.25, 0.3) is 0 Å². The lowest BCUT2D eigenvalue weighted by Crippen LogP contribution is -2.47. The smallest absolute Gasteiger partial charge is 0.243 e. The summed E-state index contributed by atoms with van der Waals surface area (Å²) in [5.74, 6) is 0.288. The molecule has 2 rings (SSSR count). The molecule has 1 amide bonds. The van der Waals surface area contributed by atoms with Crippen molar-refractivity contribution in [2.24, 2.45) is 5.92 Å². The second-order valence-electron chi connectivity index (χ2n) is 7.28. The van der Waals surface area contributed by atoms with Gasteiger partial charge in [0.2, 0.25) is 15.9 Å². The largest absolute Gasteiger partial charge is 0.497 e. The van der Waals surface area contributed by atoms with Crippen LogP contribution in [0, 0.1) is 5.92 Å². The molecule has 0 spiro atoms. The Morgan fingerprint density at radius 3 is 2.63 bits per heavy atom. The highest BCUT2D eigenvalue weighted by molar-refractivity contribution is 7.89. The van der Waals surface area contributed by atoms with Crippen LogP contribution in [0.3, 0.4) is 0 Å². The Morgan fingerprint density at radius 2 is 2.00 bits per heavy atom. The molecule has 152 valence electrons. The minimum absolute atomic E-state index is 0.0337. The van der Waals surface area contributed by atoms with E-state index in [0.717, 1.165) is 32.1 Å². The normalized spacial score (nSPS) is 19.4. The summed E-state index contributed by atoms with van der Waals surface area (Å²) in [6.45, 7) is 4.86. The average Bonchev–Trinajstić information content (AvgIpc) is 2.68. The highest BCUT2D eigenvalue weighted by Crippen LogP contribution is 2.25. The van der Waals surface area contributed by atoms with Crippen molar-refractivity contribution in [1.82, 2.24) is 9.62 Å². The molecule has 2 unspecified atom stereocenters. The number of benzene rings is 1. The van der Waals surface area contributed by atoms with E-state index < -0.39 is 10.0 Å². The van der Waals surface area contributed by atoms with E-state index in [1.807, 2.05) is 6.92 Å². The van der Waals surface area contributed by atoms with E-state index in [4.69, 9.17) is 4.74 Å². The van der Waals surface area contributed by atoms with Crippen molar-refractivity contribution in [1.29, 1.82) is 0 Å². The highest BCUT2D eigenvalue weighted by Gasteiger charge is 2.33. The van der Waals surface area contributed by atoms with Crippen LogP contribution in [-0.4, -0.2) is 44.9 Å². The minimum Gasteiger partial charge on any atom is -0.497 e. The molecule has 0 bridgehead atoms. The Balaban J connectivity index is 1.98. The Morgan fingerprint density at radius 1 is 1.30 bits per heavy atom. The summed E-state index contributed by atoms with van der Waals surface area (Å²) >= 11 is 0. The zero-order valence-electron chi connectivity index (χ0n) is 16.6. The van der Waals surface area contributed by atoms with Crippen LogP contribution in [0.25, 0.3) is 0 Å². The number of carbonyl (C=O) groups excluding carboxylic acids is 1. The fraction of sp³-hybridized carbons (Fsp3) is 0.650. The zero-order valence-corrected chi connectivity index (χ0v) is 17.4. The zero-order chi connectivity index (χ0) is 19.9. The molecule has 0 radical (unpaired) electrons. The molecule has 1 aromatic rings. The van der Waals surface area contributed by atoms with Gasteiger partial charge in [0.05, 0.1) is 17.9 Å². The van der Waals surface area contributed by atoms with E-state index in [1.165, 1.54) is 4.31 Å². The summed E-state index contributed by atoms with van der Waals surface area (Å²) in [5, 5.41) is 3.06. The average molecular weight is 397 g/mol. The summed E-state index contributed by atoms with van der Waals surface area (Å²) in [6, 6.07) is 6.50. The summed E-state index contributed by atoms with van der Waals surface area (Å²) < 4.78 is 32.3. The number of piperidine rings is 1. The van der Waals surface area contributed by atoms with Crippen LogP contribution >= 0.6 is 0 Å². The molecule has 27 heavy (non-hydrogen) atoms. The molecule has 0 aromatic heterocycles. The lowest BCUT2D eigenvalue weighted by molar-refractivity contribution is -0.126. The summed E-state index contributed by atoms with van der Waals surface area (Å²) in [7, 11) is -2.06. The van der Waals surface area contributed by atoms with Crippen LogP contribution in [0.4, 0.5) is 0 Å². The summed E-state index contributed by atoms with van der Waals surface area (Å²) in [6.07, 6.45) is 5.79. The van der Waals surface area contributed by atoms with Crippen molar-refractivity contribution in [3.63, 3.8) is 0 Å². The van der Waals surface area contributed by atoms with E-state index in [2.05, 4.69) is 12.2 Å². The van der Waals surface area contributed by atoms with Crippen LogP contribution in [0.1, 0.15) is 52.4 Å². The number of methoxy groups -OCH3 is 1.